The number of hydrogen-bond acceptors (Lipinski definition) is 1. The first-order valence-corrected chi connectivity index (χ1v) is 2.48. The van der Waals surface area contributed by atoms with Gasteiger partial charge in [0.1, 0.15) is 6.34 Å². The van der Waals surface area contributed by atoms with Crippen LogP contribution in [0.15, 0.2) is 45.7 Å². The third kappa shape index (κ3) is 6.20. The van der Waals surface area contributed by atoms with E-state index in [0.717, 1.165) is 0 Å². The van der Waals surface area contributed by atoms with Crippen LogP contribution in [0.25, 0.3) is 0 Å². The van der Waals surface area contributed by atoms with E-state index in [4.69, 9.17) is 0 Å². The van der Waals surface area contributed by atoms with Gasteiger partial charge < -0.3 is 0 Å². The topological polar surface area (TPSA) is 24.7 Å². The van der Waals surface area contributed by atoms with Gasteiger partial charge in [-0.25, -0.2) is 4.99 Å². The zero-order valence-electron chi connectivity index (χ0n) is 5.46. The lowest BCUT2D eigenvalue weighted by Gasteiger charge is -1.63. The highest BCUT2D eigenvalue weighted by molar-refractivity contribution is 5.62. The van der Waals surface area contributed by atoms with Crippen molar-refractivity contribution in [3.8, 4) is 0 Å². The molecule has 0 aromatic carbocycles. The summed E-state index contributed by atoms with van der Waals surface area (Å²) in [5.74, 6) is 0. The molecule has 0 aromatic rings. The van der Waals surface area contributed by atoms with Crippen molar-refractivity contribution in [1.29, 1.82) is 0 Å². The molecule has 0 aliphatic heterocycles. The van der Waals surface area contributed by atoms with E-state index in [0.29, 0.717) is 0 Å². The lowest BCUT2D eigenvalue weighted by atomic mass is 10.7. The Bertz CT molecular complexity index is 274. The quantitative estimate of drug-likeness (QED) is 0.307. The summed E-state index contributed by atoms with van der Waals surface area (Å²) in [4.78, 5) is 6.99. The molecule has 0 radical (unpaired) electrons. The van der Waals surface area contributed by atoms with Crippen molar-refractivity contribution in [1.82, 2.24) is 0 Å². The molecule has 0 unspecified atom stereocenters. The second kappa shape index (κ2) is 7.20. The highest BCUT2D eigenvalue weighted by atomic mass is 14.8. The highest BCUT2D eigenvalue weighted by Gasteiger charge is 1.52. The number of rotatable bonds is 2. The lowest BCUT2D eigenvalue weighted by molar-refractivity contribution is 1.57. The van der Waals surface area contributed by atoms with Crippen LogP contribution in [0.2, 0.25) is 0 Å². The molecule has 2 nitrogen and oxygen atoms in total. The summed E-state index contributed by atoms with van der Waals surface area (Å²) in [6.45, 7) is 6.46. The molecule has 0 spiro atoms. The van der Waals surface area contributed by atoms with E-state index < -0.39 is 0 Å². The van der Waals surface area contributed by atoms with E-state index in [1.165, 1.54) is 12.5 Å². The van der Waals surface area contributed by atoms with Gasteiger partial charge >= 0.3 is 0 Å². The minimum absolute atomic E-state index is 1.30. The van der Waals surface area contributed by atoms with Crippen molar-refractivity contribution in [2.24, 2.45) is 9.98 Å². The number of nitrogens with zero attached hydrogens (tertiary/aromatic N) is 2. The number of hydrogen-bond donors (Lipinski definition) is 0. The van der Waals surface area contributed by atoms with Crippen LogP contribution in [-0.4, -0.2) is 13.1 Å². The van der Waals surface area contributed by atoms with Gasteiger partial charge in [0, 0.05) is 0 Å². The van der Waals surface area contributed by atoms with E-state index in [1.807, 2.05) is 0 Å². The summed E-state index contributed by atoms with van der Waals surface area (Å²) in [5, 5.41) is 0. The van der Waals surface area contributed by atoms with Gasteiger partial charge in [0.25, 0.3) is 0 Å². The molecule has 0 fully saturated rings. The Labute approximate surface area is 59.6 Å². The van der Waals surface area contributed by atoms with Gasteiger partial charge in [0.2, 0.25) is 0 Å². The minimum atomic E-state index is 1.30. The fourth-order valence-corrected chi connectivity index (χ4v) is 0.230. The van der Waals surface area contributed by atoms with Crippen LogP contribution >= 0.6 is 0 Å². The van der Waals surface area contributed by atoms with Crippen LogP contribution in [0.5, 0.6) is 0 Å². The largest absolute Gasteiger partial charge is 0.253 e. The van der Waals surface area contributed by atoms with Crippen molar-refractivity contribution in [2.45, 2.75) is 0 Å². The van der Waals surface area contributed by atoms with E-state index in [2.05, 4.69) is 46.2 Å². The summed E-state index contributed by atoms with van der Waals surface area (Å²) in [7, 11) is 0. The Kier molecular flexibility index (Phi) is 5.90. The Hall–Kier alpha value is -1.80. The van der Waals surface area contributed by atoms with E-state index in [9.17, 15) is 0 Å². The maximum Gasteiger partial charge on any atom is 0.115 e. The van der Waals surface area contributed by atoms with Gasteiger partial charge in [0.15, 0.2) is 0 Å². The maximum atomic E-state index is 3.62. The Morgan fingerprint density at radius 3 is 2.70 bits per heavy atom. The van der Waals surface area contributed by atoms with Crippen molar-refractivity contribution in [3.63, 3.8) is 0 Å². The van der Waals surface area contributed by atoms with Crippen LogP contribution in [0, 0.1) is 0 Å². The molecule has 48 valence electrons. The van der Waals surface area contributed by atoms with Crippen LogP contribution < -0.4 is 0 Å². The molecular weight excluding hydrogens is 124 g/mol. The van der Waals surface area contributed by atoms with E-state index >= 15 is 0 Å². The average molecular weight is 130 g/mol. The molecule has 10 heavy (non-hydrogen) atoms. The molecule has 0 heterocycles. The average Bonchev–Trinajstić information content (AvgIpc) is 1.97. The minimum Gasteiger partial charge on any atom is -0.253 e. The van der Waals surface area contributed by atoms with Gasteiger partial charge in [-0.2, -0.15) is 0 Å². The van der Waals surface area contributed by atoms with Crippen molar-refractivity contribution in [2.75, 3.05) is 0 Å². The molecular formula is C8H6N2. The molecule has 0 aromatic heterocycles. The molecule has 0 atom stereocenters. The first kappa shape index (κ1) is 8.20. The number of aliphatic imine (C=N–C) groups is 2. The zero-order valence-corrected chi connectivity index (χ0v) is 5.46. The molecule has 2 heteroatoms. The summed E-state index contributed by atoms with van der Waals surface area (Å²) >= 11 is 0. The van der Waals surface area contributed by atoms with Crippen LogP contribution in [0.3, 0.4) is 0 Å². The van der Waals surface area contributed by atoms with Crippen LogP contribution in [-0.2, 0) is 0 Å². The standard InChI is InChI=1S/C8H6N2/c1-3-4-5-6-7-10-8-9-2/h7-8H,1-2H2/b10-8+. The Morgan fingerprint density at radius 2 is 2.10 bits per heavy atom. The van der Waals surface area contributed by atoms with Crippen LogP contribution in [0.4, 0.5) is 0 Å². The Balaban J connectivity index is 4.26. The predicted octanol–water partition coefficient (Wildman–Crippen LogP) is 1.48. The second-order valence-electron chi connectivity index (χ2n) is 1.15. The van der Waals surface area contributed by atoms with Gasteiger partial charge in [0.05, 0.1) is 6.20 Å². The van der Waals surface area contributed by atoms with Gasteiger partial charge in [-0.05, 0) is 30.5 Å². The normalized spacial score (nSPS) is 6.80. The third-order valence-corrected chi connectivity index (χ3v) is 0.510. The van der Waals surface area contributed by atoms with Crippen molar-refractivity contribution in [3.05, 3.63) is 35.7 Å². The van der Waals surface area contributed by atoms with Gasteiger partial charge in [-0.1, -0.05) is 5.73 Å². The summed E-state index contributed by atoms with van der Waals surface area (Å²) in [6, 6.07) is 0. The summed E-state index contributed by atoms with van der Waals surface area (Å²) < 4.78 is 0. The zero-order chi connectivity index (χ0) is 7.66. The SMILES string of the molecule is C=C=C=C=C=C/N=C/N=C. The smallest absolute Gasteiger partial charge is 0.115 e. The third-order valence-electron chi connectivity index (χ3n) is 0.510. The highest BCUT2D eigenvalue weighted by Crippen LogP contribution is 1.65. The van der Waals surface area contributed by atoms with E-state index in [-0.39, 0.29) is 0 Å². The van der Waals surface area contributed by atoms with Crippen molar-refractivity contribution < 1.29 is 0 Å². The van der Waals surface area contributed by atoms with Crippen molar-refractivity contribution >= 4 is 13.1 Å². The maximum absolute atomic E-state index is 3.62. The molecule has 0 amide bonds. The fraction of sp³-hybridized carbons (Fsp3) is 0. The molecule has 0 saturated carbocycles. The Morgan fingerprint density at radius 1 is 1.30 bits per heavy atom. The fourth-order valence-electron chi connectivity index (χ4n) is 0.230. The first-order chi connectivity index (χ1) is 4.91. The monoisotopic (exact) mass is 130 g/mol. The van der Waals surface area contributed by atoms with E-state index in [1.54, 1.807) is 0 Å². The molecule has 0 saturated heterocycles. The van der Waals surface area contributed by atoms with Gasteiger partial charge in [-0.3, -0.25) is 4.99 Å². The second-order valence-corrected chi connectivity index (χ2v) is 1.15. The molecule has 0 aliphatic rings. The summed E-state index contributed by atoms with van der Waals surface area (Å²) in [5.41, 5.74) is 9.86. The van der Waals surface area contributed by atoms with Gasteiger partial charge in [-0.15, -0.1) is 0 Å². The first-order valence-electron chi connectivity index (χ1n) is 2.48. The van der Waals surface area contributed by atoms with Crippen LogP contribution in [0.1, 0.15) is 0 Å². The molecule has 0 bridgehead atoms. The molecule has 0 N–H and O–H groups in total. The lowest BCUT2D eigenvalue weighted by Crippen LogP contribution is -1.54. The summed E-state index contributed by atoms with van der Waals surface area (Å²) in [6.07, 6.45) is 2.69. The molecule has 0 rings (SSSR count). The predicted molar refractivity (Wildman–Crippen MR) is 42.3 cm³/mol. The molecule has 0 aliphatic carbocycles.